The molecule has 0 unspecified atom stereocenters. The Kier molecular flexibility index (Phi) is 3.60. The first-order chi connectivity index (χ1) is 11.6. The Morgan fingerprint density at radius 2 is 1.88 bits per heavy atom. The number of carbonyl (C=O) groups excluding carboxylic acids is 2. The van der Waals surface area contributed by atoms with E-state index in [1.807, 2.05) is 55.5 Å². The number of amides is 2. The Morgan fingerprint density at radius 3 is 2.67 bits per heavy atom. The van der Waals surface area contributed by atoms with Crippen LogP contribution in [-0.2, 0) is 11.3 Å². The molecule has 24 heavy (non-hydrogen) atoms. The summed E-state index contributed by atoms with van der Waals surface area (Å²) in [6.45, 7) is 3.15. The lowest BCUT2D eigenvalue weighted by molar-refractivity contribution is -0.122. The van der Waals surface area contributed by atoms with Crippen LogP contribution in [0.4, 0.5) is 5.69 Å². The van der Waals surface area contributed by atoms with E-state index in [4.69, 9.17) is 0 Å². The van der Waals surface area contributed by atoms with E-state index < -0.39 is 0 Å². The molecule has 1 atom stereocenters. The van der Waals surface area contributed by atoms with Gasteiger partial charge in [0.1, 0.15) is 6.04 Å². The molecule has 0 aliphatic carbocycles. The van der Waals surface area contributed by atoms with E-state index in [0.717, 1.165) is 29.7 Å². The van der Waals surface area contributed by atoms with Crippen LogP contribution in [0.1, 0.15) is 34.3 Å². The van der Waals surface area contributed by atoms with Crippen LogP contribution in [0.3, 0.4) is 0 Å². The van der Waals surface area contributed by atoms with Gasteiger partial charge in [0.25, 0.3) is 5.91 Å². The highest BCUT2D eigenvalue weighted by Crippen LogP contribution is 2.34. The average molecular weight is 320 g/mol. The van der Waals surface area contributed by atoms with Gasteiger partial charge in [-0.3, -0.25) is 9.59 Å². The molecule has 0 radical (unpaired) electrons. The summed E-state index contributed by atoms with van der Waals surface area (Å²) >= 11 is 0. The number of anilines is 1. The van der Waals surface area contributed by atoms with Crippen LogP contribution >= 0.6 is 0 Å². The summed E-state index contributed by atoms with van der Waals surface area (Å²) in [7, 11) is 0. The molecule has 2 aromatic carbocycles. The summed E-state index contributed by atoms with van der Waals surface area (Å²) in [6.07, 6.45) is 1.64. The zero-order valence-corrected chi connectivity index (χ0v) is 13.7. The predicted molar refractivity (Wildman–Crippen MR) is 92.9 cm³/mol. The summed E-state index contributed by atoms with van der Waals surface area (Å²) in [4.78, 5) is 29.7. The zero-order valence-electron chi connectivity index (χ0n) is 13.7. The number of benzene rings is 2. The topological polar surface area (TPSA) is 40.6 Å². The van der Waals surface area contributed by atoms with E-state index in [9.17, 15) is 9.59 Å². The second kappa shape index (κ2) is 5.78. The van der Waals surface area contributed by atoms with Gasteiger partial charge in [-0.15, -0.1) is 0 Å². The van der Waals surface area contributed by atoms with E-state index in [1.165, 1.54) is 0 Å². The molecular formula is C20H20N2O2. The van der Waals surface area contributed by atoms with E-state index >= 15 is 0 Å². The summed E-state index contributed by atoms with van der Waals surface area (Å²) in [5, 5.41) is 0. The van der Waals surface area contributed by atoms with E-state index in [2.05, 4.69) is 0 Å². The number of hydrogen-bond acceptors (Lipinski definition) is 2. The highest BCUT2D eigenvalue weighted by Gasteiger charge is 2.41. The third-order valence-electron chi connectivity index (χ3n) is 4.92. The molecular weight excluding hydrogens is 300 g/mol. The average Bonchev–Trinajstić information content (AvgIpc) is 3.06. The fourth-order valence-corrected chi connectivity index (χ4v) is 3.69. The van der Waals surface area contributed by atoms with Crippen LogP contribution in [-0.4, -0.2) is 29.3 Å². The van der Waals surface area contributed by atoms with Gasteiger partial charge in [-0.25, -0.2) is 0 Å². The van der Waals surface area contributed by atoms with Crippen molar-refractivity contribution in [2.45, 2.75) is 32.4 Å². The Morgan fingerprint density at radius 1 is 1.08 bits per heavy atom. The van der Waals surface area contributed by atoms with Gasteiger partial charge >= 0.3 is 0 Å². The third-order valence-corrected chi connectivity index (χ3v) is 4.92. The van der Waals surface area contributed by atoms with Gasteiger partial charge in [-0.1, -0.05) is 36.4 Å². The van der Waals surface area contributed by atoms with Crippen molar-refractivity contribution in [1.82, 2.24) is 4.90 Å². The molecule has 1 saturated heterocycles. The van der Waals surface area contributed by atoms with Crippen molar-refractivity contribution in [2.75, 3.05) is 11.4 Å². The summed E-state index contributed by atoms with van der Waals surface area (Å²) < 4.78 is 0. The molecule has 4 heteroatoms. The minimum absolute atomic E-state index is 0.0172. The molecule has 0 bridgehead atoms. The lowest BCUT2D eigenvalue weighted by Crippen LogP contribution is -2.44. The Balaban J connectivity index is 1.83. The van der Waals surface area contributed by atoms with Crippen molar-refractivity contribution in [3.8, 4) is 0 Å². The molecule has 0 aromatic heterocycles. The number of carbonyl (C=O) groups is 2. The van der Waals surface area contributed by atoms with E-state index in [1.54, 1.807) is 9.80 Å². The Bertz CT molecular complexity index is 801. The SMILES string of the molecule is Cc1ccc2c(c1)N(Cc1ccccc1)C(=O)[C@@H]1CCCN1C2=O. The molecule has 1 fully saturated rings. The minimum Gasteiger partial charge on any atom is -0.327 e. The molecule has 0 N–H and O–H groups in total. The molecule has 0 saturated carbocycles. The second-order valence-corrected chi connectivity index (χ2v) is 6.59. The Hall–Kier alpha value is -2.62. The summed E-state index contributed by atoms with van der Waals surface area (Å²) in [5.41, 5.74) is 3.49. The maximum absolute atomic E-state index is 13.2. The molecule has 4 nitrogen and oxygen atoms in total. The van der Waals surface area contributed by atoms with Crippen molar-refractivity contribution in [1.29, 1.82) is 0 Å². The molecule has 2 amide bonds. The minimum atomic E-state index is -0.325. The van der Waals surface area contributed by atoms with Crippen LogP contribution < -0.4 is 4.90 Å². The quantitative estimate of drug-likeness (QED) is 0.853. The number of aryl methyl sites for hydroxylation is 1. The van der Waals surface area contributed by atoms with Gasteiger partial charge in [0.05, 0.1) is 17.8 Å². The second-order valence-electron chi connectivity index (χ2n) is 6.59. The van der Waals surface area contributed by atoms with E-state index in [-0.39, 0.29) is 17.9 Å². The van der Waals surface area contributed by atoms with Gasteiger partial charge in [-0.2, -0.15) is 0 Å². The molecule has 2 aliphatic heterocycles. The smallest absolute Gasteiger partial charge is 0.256 e. The van der Waals surface area contributed by atoms with Crippen LogP contribution in [0.25, 0.3) is 0 Å². The molecule has 2 aromatic rings. The van der Waals surface area contributed by atoms with Gasteiger partial charge in [0.15, 0.2) is 0 Å². The lowest BCUT2D eigenvalue weighted by Gasteiger charge is -2.26. The van der Waals surface area contributed by atoms with Crippen molar-refractivity contribution in [3.05, 3.63) is 65.2 Å². The van der Waals surface area contributed by atoms with Gasteiger partial charge < -0.3 is 9.80 Å². The largest absolute Gasteiger partial charge is 0.327 e. The zero-order chi connectivity index (χ0) is 16.7. The maximum Gasteiger partial charge on any atom is 0.256 e. The lowest BCUT2D eigenvalue weighted by atomic mass is 10.1. The van der Waals surface area contributed by atoms with Crippen LogP contribution in [0.15, 0.2) is 48.5 Å². The van der Waals surface area contributed by atoms with Crippen LogP contribution in [0.5, 0.6) is 0 Å². The number of rotatable bonds is 2. The highest BCUT2D eigenvalue weighted by atomic mass is 16.2. The normalized spacial score (nSPS) is 20.0. The standard InChI is InChI=1S/C20H20N2O2/c1-14-9-10-16-18(12-14)22(13-15-6-3-2-4-7-15)20(24)17-8-5-11-21(17)19(16)23/h2-4,6-7,9-10,12,17H,5,8,11,13H2,1H3/t17-/m0/s1. The summed E-state index contributed by atoms with van der Waals surface area (Å²) in [5.74, 6) is 0.0189. The fourth-order valence-electron chi connectivity index (χ4n) is 3.69. The first kappa shape index (κ1) is 14.9. The number of hydrogen-bond donors (Lipinski definition) is 0. The summed E-state index contributed by atoms with van der Waals surface area (Å²) in [6, 6.07) is 15.4. The monoisotopic (exact) mass is 320 g/mol. The van der Waals surface area contributed by atoms with Crippen LogP contribution in [0.2, 0.25) is 0 Å². The van der Waals surface area contributed by atoms with Crippen LogP contribution in [0, 0.1) is 6.92 Å². The van der Waals surface area contributed by atoms with Crippen molar-refractivity contribution in [2.24, 2.45) is 0 Å². The van der Waals surface area contributed by atoms with Gasteiger partial charge in [0.2, 0.25) is 5.91 Å². The van der Waals surface area contributed by atoms with Gasteiger partial charge in [-0.05, 0) is 43.0 Å². The number of fused-ring (bicyclic) bond motifs is 2. The molecule has 0 spiro atoms. The first-order valence-corrected chi connectivity index (χ1v) is 8.42. The third kappa shape index (κ3) is 2.39. The van der Waals surface area contributed by atoms with Gasteiger partial charge in [0, 0.05) is 6.54 Å². The maximum atomic E-state index is 13.2. The number of nitrogens with zero attached hydrogens (tertiary/aromatic N) is 2. The first-order valence-electron chi connectivity index (χ1n) is 8.42. The molecule has 2 aliphatic rings. The fraction of sp³-hybridized carbons (Fsp3) is 0.300. The van der Waals surface area contributed by atoms with Crippen molar-refractivity contribution in [3.63, 3.8) is 0 Å². The molecule has 4 rings (SSSR count). The Labute approximate surface area is 141 Å². The van der Waals surface area contributed by atoms with Crippen molar-refractivity contribution >= 4 is 17.5 Å². The predicted octanol–water partition coefficient (Wildman–Crippen LogP) is 3.15. The molecule has 2 heterocycles. The highest BCUT2D eigenvalue weighted by molar-refractivity contribution is 6.11. The van der Waals surface area contributed by atoms with Crippen molar-refractivity contribution < 1.29 is 9.59 Å². The van der Waals surface area contributed by atoms with E-state index in [0.29, 0.717) is 18.7 Å². The molecule has 122 valence electrons.